The van der Waals surface area contributed by atoms with Crippen molar-refractivity contribution in [2.24, 2.45) is 0 Å². The molecule has 0 spiro atoms. The summed E-state index contributed by atoms with van der Waals surface area (Å²) in [5, 5.41) is 23.9. The van der Waals surface area contributed by atoms with Gasteiger partial charge in [0.2, 0.25) is 0 Å². The third kappa shape index (κ3) is 4.99. The smallest absolute Gasteiger partial charge is 0.326 e. The molecule has 1 heterocycles. The van der Waals surface area contributed by atoms with E-state index in [1.807, 2.05) is 6.92 Å². The lowest BCUT2D eigenvalue weighted by Crippen LogP contribution is -2.42. The number of carboxylic acids is 1. The van der Waals surface area contributed by atoms with Crippen molar-refractivity contribution in [2.45, 2.75) is 38.8 Å². The summed E-state index contributed by atoms with van der Waals surface area (Å²) < 4.78 is 1.18. The molecule has 0 radical (unpaired) electrons. The number of carbonyl (C=O) groups is 2. The van der Waals surface area contributed by atoms with E-state index in [9.17, 15) is 14.4 Å². The number of aliphatic hydroxyl groups is 1. The van der Waals surface area contributed by atoms with Gasteiger partial charge >= 0.3 is 5.97 Å². The first kappa shape index (κ1) is 16.8. The maximum Gasteiger partial charge on any atom is 0.326 e. The minimum atomic E-state index is -1.24. The Bertz CT molecular complexity index is 555. The molecule has 116 valence electrons. The molecule has 1 amide bonds. The summed E-state index contributed by atoms with van der Waals surface area (Å²) >= 11 is 0. The molecule has 8 nitrogen and oxygen atoms in total. The second-order valence-corrected chi connectivity index (χ2v) is 4.51. The van der Waals surface area contributed by atoms with Gasteiger partial charge in [0.05, 0.1) is 0 Å². The number of nitrogens with zero attached hydrogens (tertiary/aromatic N) is 2. The molecule has 21 heavy (non-hydrogen) atoms. The van der Waals surface area contributed by atoms with Gasteiger partial charge in [0, 0.05) is 25.6 Å². The molecule has 1 rings (SSSR count). The minimum Gasteiger partial charge on any atom is -0.480 e. The molecule has 0 unspecified atom stereocenters. The van der Waals surface area contributed by atoms with E-state index in [0.717, 1.165) is 12.8 Å². The number of carbonyl (C=O) groups excluding carboxylic acids is 1. The minimum absolute atomic E-state index is 0.0325. The number of nitrogens with one attached hydrogen (secondary N) is 1. The van der Waals surface area contributed by atoms with Gasteiger partial charge in [0.25, 0.3) is 11.5 Å². The number of unbranched alkanes of at least 4 members (excludes halogenated alkanes) is 1. The number of hydrogen-bond acceptors (Lipinski definition) is 5. The average molecular weight is 297 g/mol. The molecule has 1 aromatic heterocycles. The topological polar surface area (TPSA) is 122 Å². The fourth-order valence-electron chi connectivity index (χ4n) is 1.66. The van der Waals surface area contributed by atoms with Crippen molar-refractivity contribution in [2.75, 3.05) is 6.61 Å². The summed E-state index contributed by atoms with van der Waals surface area (Å²) in [5.41, 5.74) is -0.347. The Morgan fingerprint density at radius 3 is 2.71 bits per heavy atom. The van der Waals surface area contributed by atoms with Gasteiger partial charge < -0.3 is 15.5 Å². The lowest BCUT2D eigenvalue weighted by molar-refractivity contribution is -0.139. The van der Waals surface area contributed by atoms with Gasteiger partial charge in [-0.3, -0.25) is 9.59 Å². The lowest BCUT2D eigenvalue weighted by Gasteiger charge is -2.13. The van der Waals surface area contributed by atoms with E-state index >= 15 is 0 Å². The maximum absolute atomic E-state index is 11.9. The third-order valence-corrected chi connectivity index (χ3v) is 2.84. The quantitative estimate of drug-likeness (QED) is 0.600. The monoisotopic (exact) mass is 297 g/mol. The van der Waals surface area contributed by atoms with E-state index < -0.39 is 17.9 Å². The molecule has 0 aromatic carbocycles. The van der Waals surface area contributed by atoms with Crippen LogP contribution in [-0.2, 0) is 11.3 Å². The van der Waals surface area contributed by atoms with Crippen LogP contribution >= 0.6 is 0 Å². The number of hydrogen-bond donors (Lipinski definition) is 3. The first-order valence-corrected chi connectivity index (χ1v) is 6.72. The Hall–Kier alpha value is -2.22. The first-order valence-electron chi connectivity index (χ1n) is 6.72. The SMILES string of the molecule is CCCCn1nc(C(=O)N[C@H](CCO)C(=O)O)ccc1=O. The highest BCUT2D eigenvalue weighted by Crippen LogP contribution is 1.98. The predicted molar refractivity (Wildman–Crippen MR) is 74.0 cm³/mol. The molecule has 1 atom stereocenters. The van der Waals surface area contributed by atoms with Crippen LogP contribution in [0.4, 0.5) is 0 Å². The molecule has 3 N–H and O–H groups in total. The molecule has 1 aromatic rings. The van der Waals surface area contributed by atoms with E-state index in [-0.39, 0.29) is 24.3 Å². The summed E-state index contributed by atoms with van der Waals surface area (Å²) in [5.74, 6) is -1.93. The van der Waals surface area contributed by atoms with Gasteiger partial charge in [-0.05, 0) is 12.5 Å². The van der Waals surface area contributed by atoms with E-state index in [0.29, 0.717) is 6.54 Å². The van der Waals surface area contributed by atoms with E-state index in [1.54, 1.807) is 0 Å². The zero-order valence-corrected chi connectivity index (χ0v) is 11.8. The highest BCUT2D eigenvalue weighted by atomic mass is 16.4. The van der Waals surface area contributed by atoms with Crippen LogP contribution in [0.25, 0.3) is 0 Å². The summed E-state index contributed by atoms with van der Waals surface area (Å²) in [6.45, 7) is 2.00. The van der Waals surface area contributed by atoms with Gasteiger partial charge in [-0.15, -0.1) is 0 Å². The molecular weight excluding hydrogens is 278 g/mol. The summed E-state index contributed by atoms with van der Waals surface area (Å²) in [7, 11) is 0. The van der Waals surface area contributed by atoms with Crippen molar-refractivity contribution in [1.29, 1.82) is 0 Å². The number of rotatable bonds is 8. The lowest BCUT2D eigenvalue weighted by atomic mass is 10.2. The van der Waals surface area contributed by atoms with Crippen LogP contribution < -0.4 is 10.9 Å². The number of aliphatic hydroxyl groups excluding tert-OH is 1. The van der Waals surface area contributed by atoms with Gasteiger partial charge in [-0.25, -0.2) is 9.48 Å². The van der Waals surface area contributed by atoms with Gasteiger partial charge in [0.15, 0.2) is 0 Å². The zero-order valence-electron chi connectivity index (χ0n) is 11.8. The Morgan fingerprint density at radius 1 is 1.43 bits per heavy atom. The van der Waals surface area contributed by atoms with Gasteiger partial charge in [-0.2, -0.15) is 5.10 Å². The van der Waals surface area contributed by atoms with E-state index in [1.165, 1.54) is 16.8 Å². The Morgan fingerprint density at radius 2 is 2.14 bits per heavy atom. The number of aliphatic carboxylic acids is 1. The van der Waals surface area contributed by atoms with Crippen LogP contribution in [0.5, 0.6) is 0 Å². The van der Waals surface area contributed by atoms with Crippen LogP contribution in [0, 0.1) is 0 Å². The molecular formula is C13H19N3O5. The third-order valence-electron chi connectivity index (χ3n) is 2.84. The molecule has 8 heteroatoms. The number of aryl methyl sites for hydroxylation is 1. The van der Waals surface area contributed by atoms with Crippen LogP contribution in [0.15, 0.2) is 16.9 Å². The first-order chi connectivity index (χ1) is 9.99. The van der Waals surface area contributed by atoms with Crippen LogP contribution in [0.3, 0.4) is 0 Å². The maximum atomic E-state index is 11.9. The Balaban J connectivity index is 2.86. The van der Waals surface area contributed by atoms with Crippen LogP contribution in [-0.4, -0.2) is 44.5 Å². The number of amides is 1. The van der Waals surface area contributed by atoms with Crippen molar-refractivity contribution < 1.29 is 19.8 Å². The predicted octanol–water partition coefficient (Wildman–Crippen LogP) is -0.391. The number of aromatic nitrogens is 2. The van der Waals surface area contributed by atoms with Crippen LogP contribution in [0.2, 0.25) is 0 Å². The largest absolute Gasteiger partial charge is 0.480 e. The molecule has 0 aliphatic carbocycles. The molecule has 0 fully saturated rings. The van der Waals surface area contributed by atoms with Crippen molar-refractivity contribution >= 4 is 11.9 Å². The summed E-state index contributed by atoms with van der Waals surface area (Å²) in [6, 6.07) is 1.28. The van der Waals surface area contributed by atoms with Crippen molar-refractivity contribution in [3.8, 4) is 0 Å². The highest BCUT2D eigenvalue weighted by Gasteiger charge is 2.21. The van der Waals surface area contributed by atoms with E-state index in [4.69, 9.17) is 10.2 Å². The van der Waals surface area contributed by atoms with Gasteiger partial charge in [0.1, 0.15) is 11.7 Å². The molecule has 0 bridgehead atoms. The van der Waals surface area contributed by atoms with Gasteiger partial charge in [-0.1, -0.05) is 13.3 Å². The normalized spacial score (nSPS) is 11.9. The summed E-state index contributed by atoms with van der Waals surface area (Å²) in [4.78, 5) is 34.4. The molecule has 0 saturated carbocycles. The standard InChI is InChI=1S/C13H19N3O5/c1-2-3-7-16-11(18)5-4-9(15-16)12(19)14-10(6-8-17)13(20)21/h4-5,10,17H,2-3,6-8H2,1H3,(H,14,19)(H,20,21)/t10-/m1/s1. The fourth-order valence-corrected chi connectivity index (χ4v) is 1.66. The second kappa shape index (κ2) is 8.15. The Labute approximate surface area is 121 Å². The average Bonchev–Trinajstić information content (AvgIpc) is 2.45. The zero-order chi connectivity index (χ0) is 15.8. The van der Waals surface area contributed by atoms with Crippen molar-refractivity contribution in [1.82, 2.24) is 15.1 Å². The summed E-state index contributed by atoms with van der Waals surface area (Å²) in [6.07, 6.45) is 1.53. The highest BCUT2D eigenvalue weighted by molar-refractivity contribution is 5.94. The van der Waals surface area contributed by atoms with Crippen LogP contribution in [0.1, 0.15) is 36.7 Å². The molecule has 0 aliphatic rings. The van der Waals surface area contributed by atoms with Crippen molar-refractivity contribution in [3.05, 3.63) is 28.2 Å². The second-order valence-electron chi connectivity index (χ2n) is 4.51. The number of carboxylic acid groups (broad SMARTS) is 1. The Kier molecular flexibility index (Phi) is 6.54. The molecule has 0 aliphatic heterocycles. The molecule has 0 saturated heterocycles. The van der Waals surface area contributed by atoms with Crippen molar-refractivity contribution in [3.63, 3.8) is 0 Å². The van der Waals surface area contributed by atoms with E-state index in [2.05, 4.69) is 10.4 Å². The fraction of sp³-hybridized carbons (Fsp3) is 0.538.